The van der Waals surface area contributed by atoms with E-state index in [0.717, 1.165) is 22.3 Å². The van der Waals surface area contributed by atoms with Crippen LogP contribution >= 0.6 is 0 Å². The van der Waals surface area contributed by atoms with Gasteiger partial charge in [0.2, 0.25) is 0 Å². The van der Waals surface area contributed by atoms with Gasteiger partial charge in [0.05, 0.1) is 0 Å². The molecule has 3 nitrogen and oxygen atoms in total. The number of hydrogen-bond donors (Lipinski definition) is 0. The molecule has 12 rings (SSSR count). The van der Waals surface area contributed by atoms with Crippen LogP contribution in [0, 0.1) is 0 Å². The second kappa shape index (κ2) is 13.7. The predicted molar refractivity (Wildman–Crippen MR) is 255 cm³/mol. The predicted octanol–water partition coefficient (Wildman–Crippen LogP) is 15.1. The maximum atomic E-state index is 5.00. The first-order valence-electron chi connectivity index (χ1n) is 21.0. The van der Waals surface area contributed by atoms with Gasteiger partial charge in [-0.2, -0.15) is 0 Å². The van der Waals surface area contributed by atoms with Crippen molar-refractivity contribution in [1.29, 1.82) is 0 Å². The van der Waals surface area contributed by atoms with Crippen molar-refractivity contribution in [3.8, 4) is 67.5 Å². The molecular weight excluding hydrogens is 739 g/mol. The number of hydrogen-bond acceptors (Lipinski definition) is 3. The molecule has 1 aliphatic rings. The van der Waals surface area contributed by atoms with Crippen LogP contribution in [0.3, 0.4) is 0 Å². The SMILES string of the molecule is CC1(C)c2ccc(-c3c4ccccc4c(-c4ccc(-c5nc(-c6ccccc6)nc(-c6ccccc6)n5)cc4)c4ccccc34)cc2-c2c1c1ccccc1c1ccccc21. The van der Waals surface area contributed by atoms with Gasteiger partial charge in [-0.15, -0.1) is 0 Å². The number of aromatic nitrogens is 3. The van der Waals surface area contributed by atoms with Crippen molar-refractivity contribution in [2.75, 3.05) is 0 Å². The smallest absolute Gasteiger partial charge is 0.164 e. The molecule has 3 heteroatoms. The summed E-state index contributed by atoms with van der Waals surface area (Å²) in [5.41, 5.74) is 13.0. The second-order valence-electron chi connectivity index (χ2n) is 16.7. The fourth-order valence-corrected chi connectivity index (χ4v) is 10.1. The average Bonchev–Trinajstić information content (AvgIpc) is 3.57. The Kier molecular flexibility index (Phi) is 7.88. The average molecular weight is 778 g/mol. The zero-order valence-corrected chi connectivity index (χ0v) is 33.9. The van der Waals surface area contributed by atoms with Gasteiger partial charge in [0.1, 0.15) is 0 Å². The van der Waals surface area contributed by atoms with Crippen LogP contribution in [0.25, 0.3) is 111 Å². The third-order valence-electron chi connectivity index (χ3n) is 12.9. The third kappa shape index (κ3) is 5.47. The Morgan fingerprint density at radius 1 is 0.295 bits per heavy atom. The molecular formula is C58H39N3. The Morgan fingerprint density at radius 2 is 0.639 bits per heavy atom. The van der Waals surface area contributed by atoms with Gasteiger partial charge in [-0.1, -0.05) is 208 Å². The van der Waals surface area contributed by atoms with E-state index in [9.17, 15) is 0 Å². The molecule has 0 bridgehead atoms. The van der Waals surface area contributed by atoms with Crippen LogP contribution in [0.1, 0.15) is 25.0 Å². The largest absolute Gasteiger partial charge is 0.208 e. The van der Waals surface area contributed by atoms with Crippen molar-refractivity contribution >= 4 is 43.1 Å². The van der Waals surface area contributed by atoms with Gasteiger partial charge in [-0.25, -0.2) is 15.0 Å². The Labute approximate surface area is 354 Å². The van der Waals surface area contributed by atoms with Crippen LogP contribution in [0.15, 0.2) is 200 Å². The molecule has 0 aliphatic heterocycles. The molecule has 1 heterocycles. The number of nitrogens with zero attached hydrogens (tertiary/aromatic N) is 3. The molecule has 11 aromatic rings. The zero-order chi connectivity index (χ0) is 40.7. The monoisotopic (exact) mass is 777 g/mol. The molecule has 0 atom stereocenters. The summed E-state index contributed by atoms with van der Waals surface area (Å²) in [6.45, 7) is 4.79. The zero-order valence-electron chi connectivity index (χ0n) is 33.9. The van der Waals surface area contributed by atoms with Gasteiger partial charge in [0.25, 0.3) is 0 Å². The van der Waals surface area contributed by atoms with Crippen LogP contribution in [0.4, 0.5) is 0 Å². The second-order valence-corrected chi connectivity index (χ2v) is 16.7. The van der Waals surface area contributed by atoms with Crippen molar-refractivity contribution in [2.24, 2.45) is 0 Å². The maximum Gasteiger partial charge on any atom is 0.164 e. The molecule has 0 N–H and O–H groups in total. The van der Waals surface area contributed by atoms with Gasteiger partial charge < -0.3 is 0 Å². The highest BCUT2D eigenvalue weighted by Gasteiger charge is 2.38. The number of benzene rings is 10. The van der Waals surface area contributed by atoms with Crippen LogP contribution in [0.2, 0.25) is 0 Å². The quantitative estimate of drug-likeness (QED) is 0.129. The summed E-state index contributed by atoms with van der Waals surface area (Å²) in [6, 6.07) is 72.0. The van der Waals surface area contributed by atoms with E-state index in [1.807, 2.05) is 60.7 Å². The summed E-state index contributed by atoms with van der Waals surface area (Å²) in [5.74, 6) is 1.95. The minimum atomic E-state index is -0.152. The summed E-state index contributed by atoms with van der Waals surface area (Å²) in [4.78, 5) is 14.9. The van der Waals surface area contributed by atoms with E-state index in [0.29, 0.717) is 17.5 Å². The highest BCUT2D eigenvalue weighted by molar-refractivity contribution is 6.22. The molecule has 286 valence electrons. The highest BCUT2D eigenvalue weighted by atomic mass is 15.0. The summed E-state index contributed by atoms with van der Waals surface area (Å²) >= 11 is 0. The molecule has 61 heavy (non-hydrogen) atoms. The van der Waals surface area contributed by atoms with Crippen molar-refractivity contribution in [3.63, 3.8) is 0 Å². The first-order chi connectivity index (χ1) is 30.0. The van der Waals surface area contributed by atoms with E-state index >= 15 is 0 Å². The van der Waals surface area contributed by atoms with Gasteiger partial charge in [-0.3, -0.25) is 0 Å². The van der Waals surface area contributed by atoms with Crippen LogP contribution in [0.5, 0.6) is 0 Å². The maximum absolute atomic E-state index is 5.00. The fraction of sp³-hybridized carbons (Fsp3) is 0.0517. The molecule has 0 spiro atoms. The highest BCUT2D eigenvalue weighted by Crippen LogP contribution is 2.56. The van der Waals surface area contributed by atoms with Crippen LogP contribution < -0.4 is 0 Å². The third-order valence-corrected chi connectivity index (χ3v) is 12.9. The van der Waals surface area contributed by atoms with E-state index in [2.05, 4.69) is 153 Å². The standard InChI is InChI=1S/C58H39N3/c1-58(2)50-34-33-40(35-49(50)53-43-23-11-9-21-41(43)42-22-10-16-28-48(42)54(53)58)52-46-26-14-12-24-44(46)51(45-25-13-15-27-47(45)52)36-29-31-39(32-30-36)57-60-55(37-17-5-3-6-18-37)59-56(61-57)38-19-7-4-8-20-38/h3-35H,1-2H3. The van der Waals surface area contributed by atoms with Crippen molar-refractivity contribution in [2.45, 2.75) is 19.3 Å². The van der Waals surface area contributed by atoms with E-state index in [4.69, 9.17) is 15.0 Å². The topological polar surface area (TPSA) is 38.7 Å². The van der Waals surface area contributed by atoms with Gasteiger partial charge in [0, 0.05) is 22.1 Å². The fourth-order valence-electron chi connectivity index (χ4n) is 10.1. The van der Waals surface area contributed by atoms with Crippen molar-refractivity contribution in [3.05, 3.63) is 211 Å². The molecule has 0 amide bonds. The summed E-state index contributed by atoms with van der Waals surface area (Å²) in [7, 11) is 0. The Bertz CT molecular complexity index is 3420. The van der Waals surface area contributed by atoms with Gasteiger partial charge in [-0.05, 0) is 93.7 Å². The minimum Gasteiger partial charge on any atom is -0.208 e. The lowest BCUT2D eigenvalue weighted by Crippen LogP contribution is -2.15. The number of fused-ring (bicyclic) bond motifs is 10. The lowest BCUT2D eigenvalue weighted by Gasteiger charge is -2.24. The summed E-state index contributed by atoms with van der Waals surface area (Å²) in [6.07, 6.45) is 0. The van der Waals surface area contributed by atoms with Crippen LogP contribution in [-0.4, -0.2) is 15.0 Å². The molecule has 0 saturated carbocycles. The molecule has 1 aromatic heterocycles. The van der Waals surface area contributed by atoms with E-state index < -0.39 is 0 Å². The minimum absolute atomic E-state index is 0.152. The molecule has 1 aliphatic carbocycles. The molecule has 10 aromatic carbocycles. The summed E-state index contributed by atoms with van der Waals surface area (Å²) < 4.78 is 0. The number of rotatable bonds is 5. The first-order valence-corrected chi connectivity index (χ1v) is 21.0. The van der Waals surface area contributed by atoms with E-state index in [-0.39, 0.29) is 5.41 Å². The Hall–Kier alpha value is -7.75. The van der Waals surface area contributed by atoms with Crippen molar-refractivity contribution < 1.29 is 0 Å². The molecule has 0 radical (unpaired) electrons. The molecule has 0 fully saturated rings. The Morgan fingerprint density at radius 3 is 1.13 bits per heavy atom. The van der Waals surface area contributed by atoms with Gasteiger partial charge in [0.15, 0.2) is 17.5 Å². The van der Waals surface area contributed by atoms with E-state index in [1.54, 1.807) is 0 Å². The molecule has 0 unspecified atom stereocenters. The van der Waals surface area contributed by atoms with Gasteiger partial charge >= 0.3 is 0 Å². The van der Waals surface area contributed by atoms with Crippen LogP contribution in [-0.2, 0) is 5.41 Å². The first kappa shape index (κ1) is 35.2. The summed E-state index contributed by atoms with van der Waals surface area (Å²) in [5, 5.41) is 10.2. The lowest BCUT2D eigenvalue weighted by molar-refractivity contribution is 0.666. The van der Waals surface area contributed by atoms with E-state index in [1.165, 1.54) is 82.0 Å². The lowest BCUT2D eigenvalue weighted by atomic mass is 9.79. The normalized spacial score (nSPS) is 12.9. The Balaban J connectivity index is 1.03. The van der Waals surface area contributed by atoms with Crippen molar-refractivity contribution in [1.82, 2.24) is 15.0 Å². The molecule has 0 saturated heterocycles.